The van der Waals surface area contributed by atoms with E-state index in [0.29, 0.717) is 22.5 Å². The van der Waals surface area contributed by atoms with Gasteiger partial charge in [0.2, 0.25) is 0 Å². The van der Waals surface area contributed by atoms with Gasteiger partial charge in [-0.3, -0.25) is 4.21 Å². The van der Waals surface area contributed by atoms with Crippen LogP contribution in [0.15, 0.2) is 23.1 Å². The van der Waals surface area contributed by atoms with E-state index in [9.17, 15) is 4.21 Å². The summed E-state index contributed by atoms with van der Waals surface area (Å²) in [6.07, 6.45) is 4.76. The van der Waals surface area contributed by atoms with E-state index in [2.05, 4.69) is 11.9 Å². The highest BCUT2D eigenvalue weighted by Gasteiger charge is 2.19. The normalized spacial score (nSPS) is 22.3. The average molecular weight is 301 g/mol. The Balaban J connectivity index is 1.91. The average Bonchev–Trinajstić information content (AvgIpc) is 2.40. The molecule has 3 nitrogen and oxygen atoms in total. The van der Waals surface area contributed by atoms with E-state index in [-0.39, 0.29) is 0 Å². The predicted molar refractivity (Wildman–Crippen MR) is 82.0 cm³/mol. The van der Waals surface area contributed by atoms with Gasteiger partial charge in [-0.25, -0.2) is 0 Å². The van der Waals surface area contributed by atoms with Gasteiger partial charge in [-0.15, -0.1) is 0 Å². The Hall–Kier alpha value is -0.580. The molecule has 0 radical (unpaired) electrons. The van der Waals surface area contributed by atoms with Crippen molar-refractivity contribution in [2.75, 3.05) is 25.1 Å². The second-order valence-electron chi connectivity index (χ2n) is 5.15. The van der Waals surface area contributed by atoms with E-state index in [4.69, 9.17) is 17.3 Å². The number of rotatable bonds is 4. The number of hydrogen-bond donors (Lipinski definition) is 1. The maximum absolute atomic E-state index is 12.3. The van der Waals surface area contributed by atoms with Gasteiger partial charge in [0.25, 0.3) is 0 Å². The van der Waals surface area contributed by atoms with Crippen molar-refractivity contribution < 1.29 is 4.21 Å². The molecule has 106 valence electrons. The van der Waals surface area contributed by atoms with Gasteiger partial charge in [-0.1, -0.05) is 18.0 Å². The Labute approximate surface area is 122 Å². The number of nitrogens with two attached hydrogens (primary N) is 1. The lowest BCUT2D eigenvalue weighted by atomic mass is 10.0. The second kappa shape index (κ2) is 6.73. The van der Waals surface area contributed by atoms with Gasteiger partial charge >= 0.3 is 0 Å². The summed E-state index contributed by atoms with van der Waals surface area (Å²) >= 11 is 5.96. The van der Waals surface area contributed by atoms with Gasteiger partial charge in [-0.05, 0) is 51.1 Å². The van der Waals surface area contributed by atoms with Gasteiger partial charge in [0, 0.05) is 16.7 Å². The third-order valence-corrected chi connectivity index (χ3v) is 5.51. The van der Waals surface area contributed by atoms with Gasteiger partial charge in [0.05, 0.1) is 21.5 Å². The Bertz CT molecular complexity index is 467. The molecule has 1 aliphatic heterocycles. The van der Waals surface area contributed by atoms with Crippen molar-refractivity contribution in [2.24, 2.45) is 0 Å². The van der Waals surface area contributed by atoms with Crippen LogP contribution in [0.5, 0.6) is 0 Å². The largest absolute Gasteiger partial charge is 0.398 e. The minimum absolute atomic E-state index is 0.487. The molecular weight excluding hydrogens is 280 g/mol. The summed E-state index contributed by atoms with van der Waals surface area (Å²) in [5.74, 6) is 0.690. The molecule has 0 bridgehead atoms. The summed E-state index contributed by atoms with van der Waals surface area (Å²) in [6, 6.07) is 5.82. The first kappa shape index (κ1) is 14.8. The van der Waals surface area contributed by atoms with Crippen molar-refractivity contribution in [2.45, 2.75) is 36.6 Å². The molecule has 1 heterocycles. The van der Waals surface area contributed by atoms with Crippen molar-refractivity contribution >= 4 is 28.1 Å². The monoisotopic (exact) mass is 300 g/mol. The third-order valence-electron chi connectivity index (χ3n) is 3.79. The zero-order valence-corrected chi connectivity index (χ0v) is 12.8. The quantitative estimate of drug-likeness (QED) is 0.870. The SMILES string of the molecule is CN1CCCCC1CCS(=O)c1ccc(N)c(Cl)c1. The minimum atomic E-state index is -0.985. The smallest absolute Gasteiger partial charge is 0.0647 e. The lowest BCUT2D eigenvalue weighted by molar-refractivity contribution is 0.182. The minimum Gasteiger partial charge on any atom is -0.398 e. The first-order valence-corrected chi connectivity index (χ1v) is 8.41. The number of halogens is 1. The molecule has 2 atom stereocenters. The fourth-order valence-corrected chi connectivity index (χ4v) is 3.96. The molecule has 0 aliphatic carbocycles. The van der Waals surface area contributed by atoms with Gasteiger partial charge < -0.3 is 10.6 Å². The molecule has 2 N–H and O–H groups in total. The Morgan fingerprint density at radius 1 is 1.47 bits per heavy atom. The summed E-state index contributed by atoms with van der Waals surface area (Å²) in [5.41, 5.74) is 6.20. The second-order valence-corrected chi connectivity index (χ2v) is 7.13. The van der Waals surface area contributed by atoms with E-state index in [1.807, 2.05) is 6.07 Å². The van der Waals surface area contributed by atoms with Crippen molar-refractivity contribution in [1.29, 1.82) is 0 Å². The van der Waals surface area contributed by atoms with E-state index >= 15 is 0 Å². The van der Waals surface area contributed by atoms with Crippen LogP contribution in [0.3, 0.4) is 0 Å². The number of piperidine rings is 1. The number of likely N-dealkylation sites (tertiary alicyclic amines) is 1. The summed E-state index contributed by atoms with van der Waals surface area (Å²) in [4.78, 5) is 3.16. The molecule has 1 aromatic rings. The molecule has 0 aromatic heterocycles. The van der Waals surface area contributed by atoms with E-state index in [0.717, 1.165) is 17.9 Å². The molecule has 0 amide bonds. The first-order valence-electron chi connectivity index (χ1n) is 6.71. The van der Waals surface area contributed by atoms with Gasteiger partial charge in [0.15, 0.2) is 0 Å². The summed E-state index contributed by atoms with van der Waals surface area (Å²) < 4.78 is 12.3. The fraction of sp³-hybridized carbons (Fsp3) is 0.571. The molecule has 2 rings (SSSR count). The highest BCUT2D eigenvalue weighted by Crippen LogP contribution is 2.23. The molecule has 19 heavy (non-hydrogen) atoms. The molecule has 2 unspecified atom stereocenters. The molecule has 1 aromatic carbocycles. The number of nitrogen functional groups attached to an aromatic ring is 1. The van der Waals surface area contributed by atoms with Crippen LogP contribution in [0.2, 0.25) is 5.02 Å². The molecule has 1 saturated heterocycles. The first-order chi connectivity index (χ1) is 9.08. The van der Waals surface area contributed by atoms with Crippen LogP contribution < -0.4 is 5.73 Å². The highest BCUT2D eigenvalue weighted by atomic mass is 35.5. The van der Waals surface area contributed by atoms with Gasteiger partial charge in [-0.2, -0.15) is 0 Å². The van der Waals surface area contributed by atoms with Crippen molar-refractivity contribution in [3.63, 3.8) is 0 Å². The van der Waals surface area contributed by atoms with Crippen LogP contribution >= 0.6 is 11.6 Å². The van der Waals surface area contributed by atoms with Crippen LogP contribution in [0.25, 0.3) is 0 Å². The van der Waals surface area contributed by atoms with Crippen LogP contribution in [0.4, 0.5) is 5.69 Å². The molecule has 0 saturated carbocycles. The fourth-order valence-electron chi connectivity index (χ4n) is 2.52. The predicted octanol–water partition coefficient (Wildman–Crippen LogP) is 2.90. The molecular formula is C14H21ClN2OS. The van der Waals surface area contributed by atoms with Crippen LogP contribution in [0.1, 0.15) is 25.7 Å². The number of nitrogens with zero attached hydrogens (tertiary/aromatic N) is 1. The summed E-state index contributed by atoms with van der Waals surface area (Å²) in [7, 11) is 1.17. The molecule has 1 aliphatic rings. The van der Waals surface area contributed by atoms with E-state index < -0.39 is 10.8 Å². The lowest BCUT2D eigenvalue weighted by Crippen LogP contribution is -2.37. The highest BCUT2D eigenvalue weighted by molar-refractivity contribution is 7.85. The Kier molecular flexibility index (Phi) is 5.25. The Morgan fingerprint density at radius 2 is 2.26 bits per heavy atom. The molecule has 1 fully saturated rings. The zero-order valence-electron chi connectivity index (χ0n) is 11.3. The van der Waals surface area contributed by atoms with E-state index in [1.165, 1.54) is 19.3 Å². The van der Waals surface area contributed by atoms with Crippen LogP contribution in [-0.4, -0.2) is 34.5 Å². The van der Waals surface area contributed by atoms with Crippen LogP contribution in [-0.2, 0) is 10.8 Å². The van der Waals surface area contributed by atoms with E-state index in [1.54, 1.807) is 12.1 Å². The van der Waals surface area contributed by atoms with Crippen molar-refractivity contribution in [3.05, 3.63) is 23.2 Å². The molecule has 0 spiro atoms. The maximum Gasteiger partial charge on any atom is 0.0647 e. The van der Waals surface area contributed by atoms with Gasteiger partial charge in [0.1, 0.15) is 0 Å². The third kappa shape index (κ3) is 3.94. The zero-order chi connectivity index (χ0) is 13.8. The molecule has 5 heteroatoms. The standard InChI is InChI=1S/C14H21ClN2OS/c1-17-8-3-2-4-11(17)7-9-19(18)12-5-6-14(16)13(15)10-12/h5-6,10-11H,2-4,7-9,16H2,1H3. The maximum atomic E-state index is 12.3. The lowest BCUT2D eigenvalue weighted by Gasteiger charge is -2.32. The summed E-state index contributed by atoms with van der Waals surface area (Å²) in [5, 5.41) is 0.487. The number of benzene rings is 1. The van der Waals surface area contributed by atoms with Crippen molar-refractivity contribution in [3.8, 4) is 0 Å². The van der Waals surface area contributed by atoms with Crippen molar-refractivity contribution in [1.82, 2.24) is 4.90 Å². The van der Waals surface area contributed by atoms with Crippen LogP contribution in [0, 0.1) is 0 Å². The number of hydrogen-bond acceptors (Lipinski definition) is 3. The number of anilines is 1. The summed E-state index contributed by atoms with van der Waals surface area (Å²) in [6.45, 7) is 1.16. The Morgan fingerprint density at radius 3 is 2.95 bits per heavy atom. The topological polar surface area (TPSA) is 46.3 Å².